The fraction of sp³-hybridized carbons (Fsp3) is 0.172. The molecule has 0 fully saturated rings. The van der Waals surface area contributed by atoms with E-state index in [1.165, 1.54) is 44.6 Å². The van der Waals surface area contributed by atoms with Gasteiger partial charge < -0.3 is 19.4 Å². The van der Waals surface area contributed by atoms with E-state index in [0.29, 0.717) is 11.5 Å². The quantitative estimate of drug-likeness (QED) is 0.149. The van der Waals surface area contributed by atoms with E-state index in [1.54, 1.807) is 0 Å². The van der Waals surface area contributed by atoms with Crippen LogP contribution in [-0.2, 0) is 31.9 Å². The standard InChI is InChI=1S/C58H51N4O.Pt/c1-38-30-39(2)56(40(3)31-38)61-37-60(53-35-47(41-18-11-9-12-19-41)48(36-54(53)61)42-20-13-10-14-21-42)44-22-17-23-45(33-44)63-46-26-27-50-52(34-46)62(51-25-16-15-24-49(51)58(50,7)8)55-32-43(28-29-59-55)57(4,5)6;/h9-32,35-37H,1-8H3;/q-3;. The Morgan fingerprint density at radius 1 is 0.594 bits per heavy atom. The number of hydrogen-bond acceptors (Lipinski definition) is 5. The average molecular weight is 1020 g/mol. The van der Waals surface area contributed by atoms with Crippen LogP contribution in [0.2, 0.25) is 0 Å². The van der Waals surface area contributed by atoms with Crippen molar-refractivity contribution in [2.75, 3.05) is 14.7 Å². The Morgan fingerprint density at radius 2 is 1.20 bits per heavy atom. The van der Waals surface area contributed by atoms with Crippen molar-refractivity contribution in [1.82, 2.24) is 4.98 Å². The van der Waals surface area contributed by atoms with E-state index in [2.05, 4.69) is 222 Å². The molecule has 0 radical (unpaired) electrons. The fourth-order valence-corrected chi connectivity index (χ4v) is 9.50. The van der Waals surface area contributed by atoms with Crippen LogP contribution < -0.4 is 19.4 Å². The molecule has 0 saturated heterocycles. The van der Waals surface area contributed by atoms with Gasteiger partial charge >= 0.3 is 0 Å². The van der Waals surface area contributed by atoms with E-state index in [1.807, 2.05) is 24.4 Å². The largest absolute Gasteiger partial charge is 0.509 e. The molecule has 0 saturated carbocycles. The summed E-state index contributed by atoms with van der Waals surface area (Å²) in [7, 11) is 0. The summed E-state index contributed by atoms with van der Waals surface area (Å²) in [4.78, 5) is 11.8. The smallest absolute Gasteiger partial charge is 0.135 e. The van der Waals surface area contributed by atoms with Gasteiger partial charge in [0.05, 0.1) is 0 Å². The van der Waals surface area contributed by atoms with Crippen molar-refractivity contribution in [3.8, 4) is 33.8 Å². The van der Waals surface area contributed by atoms with Crippen LogP contribution >= 0.6 is 0 Å². The van der Waals surface area contributed by atoms with Crippen molar-refractivity contribution < 1.29 is 25.8 Å². The van der Waals surface area contributed by atoms with E-state index in [4.69, 9.17) is 9.72 Å². The number of benzene rings is 7. The molecule has 0 aliphatic carbocycles. The zero-order valence-corrected chi connectivity index (χ0v) is 39.9. The Balaban J connectivity index is 0.00000518. The summed E-state index contributed by atoms with van der Waals surface area (Å²) in [5, 5.41) is 0. The summed E-state index contributed by atoms with van der Waals surface area (Å²) in [5.74, 6) is 2.05. The summed E-state index contributed by atoms with van der Waals surface area (Å²) < 4.78 is 6.77. The third-order valence-electron chi connectivity index (χ3n) is 12.6. The molecule has 5 nitrogen and oxygen atoms in total. The number of fused-ring (bicyclic) bond motifs is 3. The summed E-state index contributed by atoms with van der Waals surface area (Å²) in [6.45, 7) is 20.1. The third-order valence-corrected chi connectivity index (χ3v) is 12.6. The van der Waals surface area contributed by atoms with Gasteiger partial charge in [-0.15, -0.1) is 48.3 Å². The number of anilines is 7. The molecule has 7 aromatic carbocycles. The van der Waals surface area contributed by atoms with Crippen LogP contribution in [0.3, 0.4) is 0 Å². The van der Waals surface area contributed by atoms with Gasteiger partial charge in [0.1, 0.15) is 5.82 Å². The Kier molecular flexibility index (Phi) is 11.1. The summed E-state index contributed by atoms with van der Waals surface area (Å²) in [6, 6.07) is 61.3. The van der Waals surface area contributed by atoms with Gasteiger partial charge in [0, 0.05) is 61.5 Å². The van der Waals surface area contributed by atoms with E-state index < -0.39 is 0 Å². The molecule has 10 rings (SSSR count). The molecular formula is C58H51N4OPt-3. The second-order valence-corrected chi connectivity index (χ2v) is 18.4. The van der Waals surface area contributed by atoms with Gasteiger partial charge in [-0.05, 0) is 106 Å². The van der Waals surface area contributed by atoms with Crippen molar-refractivity contribution in [2.45, 2.75) is 66.2 Å². The molecule has 0 spiro atoms. The second-order valence-electron chi connectivity index (χ2n) is 18.4. The van der Waals surface area contributed by atoms with Crippen LogP contribution in [0.1, 0.15) is 68.0 Å². The maximum atomic E-state index is 6.77. The molecule has 2 aliphatic heterocycles. The van der Waals surface area contributed by atoms with Gasteiger partial charge in [-0.25, -0.2) is 4.98 Å². The van der Waals surface area contributed by atoms with Crippen LogP contribution in [0.4, 0.5) is 39.9 Å². The number of aromatic nitrogens is 1. The minimum absolute atomic E-state index is 0. The molecule has 0 N–H and O–H groups in total. The second kappa shape index (κ2) is 16.6. The number of nitrogens with zero attached hydrogens (tertiary/aromatic N) is 4. The summed E-state index contributed by atoms with van der Waals surface area (Å²) in [5.41, 5.74) is 17.8. The Hall–Kier alpha value is -6.42. The van der Waals surface area contributed by atoms with E-state index in [0.717, 1.165) is 50.9 Å². The predicted octanol–water partition coefficient (Wildman–Crippen LogP) is 15.5. The van der Waals surface area contributed by atoms with Gasteiger partial charge in [0.25, 0.3) is 0 Å². The third kappa shape index (κ3) is 7.60. The van der Waals surface area contributed by atoms with Crippen molar-refractivity contribution in [3.05, 3.63) is 210 Å². The van der Waals surface area contributed by atoms with Crippen molar-refractivity contribution in [3.63, 3.8) is 0 Å². The van der Waals surface area contributed by atoms with Gasteiger partial charge in [-0.2, -0.15) is 12.1 Å². The Bertz CT molecular complexity index is 3000. The maximum absolute atomic E-state index is 6.77. The van der Waals surface area contributed by atoms with Crippen molar-refractivity contribution in [2.24, 2.45) is 0 Å². The van der Waals surface area contributed by atoms with Crippen LogP contribution in [0.25, 0.3) is 22.3 Å². The number of para-hydroxylation sites is 1. The van der Waals surface area contributed by atoms with E-state index in [-0.39, 0.29) is 31.9 Å². The zero-order valence-electron chi connectivity index (χ0n) is 37.6. The molecular weight excluding hydrogens is 964 g/mol. The first-order valence-electron chi connectivity index (χ1n) is 21.8. The first-order chi connectivity index (χ1) is 30.3. The Labute approximate surface area is 393 Å². The maximum Gasteiger partial charge on any atom is 0.135 e. The molecule has 6 heteroatoms. The summed E-state index contributed by atoms with van der Waals surface area (Å²) in [6.07, 6.45) is 1.92. The van der Waals surface area contributed by atoms with Gasteiger partial charge in [-0.3, -0.25) is 0 Å². The minimum Gasteiger partial charge on any atom is -0.509 e. The molecule has 0 unspecified atom stereocenters. The van der Waals surface area contributed by atoms with Gasteiger partial charge in [0.15, 0.2) is 0 Å². The number of pyridine rings is 1. The fourth-order valence-electron chi connectivity index (χ4n) is 9.50. The molecule has 1 aromatic heterocycles. The first-order valence-corrected chi connectivity index (χ1v) is 21.8. The molecule has 0 amide bonds. The zero-order chi connectivity index (χ0) is 43.6. The number of hydrogen-bond donors (Lipinski definition) is 0. The van der Waals surface area contributed by atoms with Gasteiger partial charge in [-0.1, -0.05) is 137 Å². The van der Waals surface area contributed by atoms with Crippen LogP contribution in [0.5, 0.6) is 11.5 Å². The van der Waals surface area contributed by atoms with Crippen LogP contribution in [0.15, 0.2) is 158 Å². The van der Waals surface area contributed by atoms with E-state index in [9.17, 15) is 0 Å². The number of aryl methyl sites for hydroxylation is 3. The van der Waals surface area contributed by atoms with E-state index >= 15 is 0 Å². The molecule has 0 atom stereocenters. The average Bonchev–Trinajstić information content (AvgIpc) is 3.64. The SMILES string of the molecule is Cc1cc(C)c(N2[CH-]N(c3[c-]c(Oc4[c-]c5c(cc4)C(C)(C)c4ccccc4N5c4cc(C(C)(C)C)ccn4)ccc3)c3cc(-c4ccccc4)c(-c4ccccc4)cc32)c(C)c1.[Pt]. The van der Waals surface area contributed by atoms with Crippen molar-refractivity contribution >= 4 is 39.9 Å². The molecule has 8 aromatic rings. The molecule has 2 aliphatic rings. The number of rotatable bonds is 7. The monoisotopic (exact) mass is 1010 g/mol. The molecule has 322 valence electrons. The normalized spacial score (nSPS) is 13.8. The minimum atomic E-state index is -0.275. The molecule has 3 heterocycles. The van der Waals surface area contributed by atoms with Gasteiger partial charge in [0.2, 0.25) is 0 Å². The Morgan fingerprint density at radius 3 is 1.86 bits per heavy atom. The summed E-state index contributed by atoms with van der Waals surface area (Å²) >= 11 is 0. The predicted molar refractivity (Wildman–Crippen MR) is 260 cm³/mol. The van der Waals surface area contributed by atoms with Crippen molar-refractivity contribution in [1.29, 1.82) is 0 Å². The molecule has 0 bridgehead atoms. The van der Waals surface area contributed by atoms with Crippen LogP contribution in [0, 0.1) is 39.6 Å². The molecule has 64 heavy (non-hydrogen) atoms. The first kappa shape index (κ1) is 42.9. The van der Waals surface area contributed by atoms with Crippen LogP contribution in [-0.4, -0.2) is 4.98 Å². The number of ether oxygens (including phenoxy) is 1. The topological polar surface area (TPSA) is 31.8 Å².